The second kappa shape index (κ2) is 8.84. The molecule has 0 saturated heterocycles. The molecule has 0 aromatic heterocycles. The molecule has 0 radical (unpaired) electrons. The Morgan fingerprint density at radius 1 is 0.893 bits per heavy atom. The zero-order valence-corrected chi connectivity index (χ0v) is 17.1. The van der Waals surface area contributed by atoms with Crippen LogP contribution in [0.5, 0.6) is 5.75 Å². The van der Waals surface area contributed by atoms with E-state index in [9.17, 15) is 8.42 Å². The molecule has 3 N–H and O–H groups in total. The monoisotopic (exact) mass is 436 g/mol. The predicted octanol–water partition coefficient (Wildman–Crippen LogP) is 4.83. The van der Waals surface area contributed by atoms with Gasteiger partial charge in [-0.1, -0.05) is 53.5 Å². The summed E-state index contributed by atoms with van der Waals surface area (Å²) in [6.45, 7) is 0.821. The fraction of sp³-hybridized carbons (Fsp3) is 0.100. The molecule has 0 heterocycles. The van der Waals surface area contributed by atoms with Crippen LogP contribution in [0.1, 0.15) is 11.1 Å². The Morgan fingerprint density at radius 3 is 2.07 bits per heavy atom. The van der Waals surface area contributed by atoms with Crippen molar-refractivity contribution < 1.29 is 13.2 Å². The summed E-state index contributed by atoms with van der Waals surface area (Å²) < 4.78 is 28.3. The van der Waals surface area contributed by atoms with E-state index < -0.39 is 10.0 Å². The first kappa shape index (κ1) is 20.5. The number of rotatable bonds is 7. The molecule has 3 aromatic carbocycles. The van der Waals surface area contributed by atoms with Crippen molar-refractivity contribution in [3.05, 3.63) is 87.9 Å². The number of hydrogen-bond donors (Lipinski definition) is 2. The van der Waals surface area contributed by atoms with Crippen LogP contribution in [-0.4, -0.2) is 8.42 Å². The summed E-state index contributed by atoms with van der Waals surface area (Å²) in [5.74, 6) is 0.438. The molecule has 0 atom stereocenters. The SMILES string of the molecule is NS(=O)(=O)c1ccc(NCc2cc(Cl)c(OCc3ccccc3)c(Cl)c2)cc1. The van der Waals surface area contributed by atoms with E-state index in [-0.39, 0.29) is 4.90 Å². The van der Waals surface area contributed by atoms with Gasteiger partial charge in [0.2, 0.25) is 10.0 Å². The van der Waals surface area contributed by atoms with Crippen molar-refractivity contribution in [1.29, 1.82) is 0 Å². The highest BCUT2D eigenvalue weighted by atomic mass is 35.5. The second-order valence-corrected chi connectivity index (χ2v) is 8.46. The van der Waals surface area contributed by atoms with E-state index in [0.29, 0.717) is 28.9 Å². The Hall–Kier alpha value is -2.25. The third kappa shape index (κ3) is 5.39. The first-order chi connectivity index (χ1) is 13.3. The molecule has 0 amide bonds. The van der Waals surface area contributed by atoms with Gasteiger partial charge in [-0.05, 0) is 47.5 Å². The van der Waals surface area contributed by atoms with Crippen molar-refractivity contribution >= 4 is 38.9 Å². The maximum atomic E-state index is 11.3. The summed E-state index contributed by atoms with van der Waals surface area (Å²) in [6, 6.07) is 19.4. The van der Waals surface area contributed by atoms with Gasteiger partial charge in [-0.15, -0.1) is 0 Å². The molecule has 3 aromatic rings. The molecule has 0 aliphatic heterocycles. The van der Waals surface area contributed by atoms with Crippen molar-refractivity contribution in [2.45, 2.75) is 18.0 Å². The fourth-order valence-corrected chi connectivity index (χ4v) is 3.71. The molecule has 146 valence electrons. The minimum atomic E-state index is -3.70. The maximum absolute atomic E-state index is 11.3. The topological polar surface area (TPSA) is 81.4 Å². The summed E-state index contributed by atoms with van der Waals surface area (Å²) in [6.07, 6.45) is 0. The predicted molar refractivity (Wildman–Crippen MR) is 112 cm³/mol. The normalized spacial score (nSPS) is 11.2. The van der Waals surface area contributed by atoms with Crippen molar-refractivity contribution in [1.82, 2.24) is 0 Å². The van der Waals surface area contributed by atoms with Crippen molar-refractivity contribution in [3.63, 3.8) is 0 Å². The molecule has 0 bridgehead atoms. The van der Waals surface area contributed by atoms with Crippen LogP contribution in [0.15, 0.2) is 71.6 Å². The third-order valence-electron chi connectivity index (χ3n) is 3.96. The molecule has 5 nitrogen and oxygen atoms in total. The summed E-state index contributed by atoms with van der Waals surface area (Å²) in [5, 5.41) is 9.11. The lowest BCUT2D eigenvalue weighted by atomic mass is 10.2. The van der Waals surface area contributed by atoms with E-state index in [1.54, 1.807) is 24.3 Å². The Morgan fingerprint density at radius 2 is 1.50 bits per heavy atom. The minimum absolute atomic E-state index is 0.0593. The average Bonchev–Trinajstić information content (AvgIpc) is 2.66. The third-order valence-corrected chi connectivity index (χ3v) is 5.45. The molecule has 0 saturated carbocycles. The first-order valence-corrected chi connectivity index (χ1v) is 10.6. The van der Waals surface area contributed by atoms with Gasteiger partial charge in [-0.25, -0.2) is 13.6 Å². The van der Waals surface area contributed by atoms with Gasteiger partial charge in [-0.2, -0.15) is 0 Å². The second-order valence-electron chi connectivity index (χ2n) is 6.09. The fourth-order valence-electron chi connectivity index (χ4n) is 2.55. The number of halogens is 2. The van der Waals surface area contributed by atoms with Gasteiger partial charge in [0.15, 0.2) is 5.75 Å². The average molecular weight is 437 g/mol. The van der Waals surface area contributed by atoms with Crippen LogP contribution in [0.2, 0.25) is 10.0 Å². The van der Waals surface area contributed by atoms with Crippen LogP contribution in [-0.2, 0) is 23.2 Å². The van der Waals surface area contributed by atoms with Gasteiger partial charge in [-0.3, -0.25) is 0 Å². The van der Waals surface area contributed by atoms with Crippen LogP contribution in [0, 0.1) is 0 Å². The number of primary sulfonamides is 1. The molecule has 0 fully saturated rings. The lowest BCUT2D eigenvalue weighted by Crippen LogP contribution is -2.12. The highest BCUT2D eigenvalue weighted by Gasteiger charge is 2.11. The van der Waals surface area contributed by atoms with E-state index in [1.165, 1.54) is 12.1 Å². The van der Waals surface area contributed by atoms with E-state index >= 15 is 0 Å². The minimum Gasteiger partial charge on any atom is -0.486 e. The molecule has 0 aliphatic carbocycles. The van der Waals surface area contributed by atoms with Gasteiger partial charge in [0.25, 0.3) is 0 Å². The largest absolute Gasteiger partial charge is 0.486 e. The summed E-state index contributed by atoms with van der Waals surface area (Å²) in [4.78, 5) is 0.0593. The van der Waals surface area contributed by atoms with E-state index in [0.717, 1.165) is 16.8 Å². The van der Waals surface area contributed by atoms with Crippen LogP contribution in [0.3, 0.4) is 0 Å². The van der Waals surface area contributed by atoms with Crippen LogP contribution in [0.4, 0.5) is 5.69 Å². The number of hydrogen-bond acceptors (Lipinski definition) is 4. The highest BCUT2D eigenvalue weighted by Crippen LogP contribution is 2.35. The van der Waals surface area contributed by atoms with Crippen LogP contribution >= 0.6 is 23.2 Å². The zero-order chi connectivity index (χ0) is 20.1. The number of sulfonamides is 1. The first-order valence-electron chi connectivity index (χ1n) is 8.34. The molecule has 28 heavy (non-hydrogen) atoms. The maximum Gasteiger partial charge on any atom is 0.238 e. The van der Waals surface area contributed by atoms with Gasteiger partial charge in [0.1, 0.15) is 6.61 Å². The summed E-state index contributed by atoms with van der Waals surface area (Å²) in [5.41, 5.74) is 2.62. The lowest BCUT2D eigenvalue weighted by Gasteiger charge is -2.13. The molecule has 0 spiro atoms. The quantitative estimate of drug-likeness (QED) is 0.555. The van der Waals surface area contributed by atoms with Crippen LogP contribution in [0.25, 0.3) is 0 Å². The number of nitrogens with one attached hydrogen (secondary N) is 1. The standard InChI is InChI=1S/C20H18Cl2N2O3S/c21-18-10-15(12-24-16-6-8-17(9-7-16)28(23,25)26)11-19(22)20(18)27-13-14-4-2-1-3-5-14/h1-11,24H,12-13H2,(H2,23,25,26). The zero-order valence-electron chi connectivity index (χ0n) is 14.7. The molecular formula is C20H18Cl2N2O3S. The molecule has 0 aliphatic rings. The Bertz CT molecular complexity index is 1030. The highest BCUT2D eigenvalue weighted by molar-refractivity contribution is 7.89. The summed E-state index contributed by atoms with van der Waals surface area (Å²) >= 11 is 12.7. The Labute approximate surface area is 174 Å². The van der Waals surface area contributed by atoms with Gasteiger partial charge >= 0.3 is 0 Å². The van der Waals surface area contributed by atoms with Gasteiger partial charge in [0, 0.05) is 12.2 Å². The number of anilines is 1. The Balaban J connectivity index is 1.65. The van der Waals surface area contributed by atoms with Crippen molar-refractivity contribution in [3.8, 4) is 5.75 Å². The molecule has 8 heteroatoms. The Kier molecular flexibility index (Phi) is 6.46. The van der Waals surface area contributed by atoms with Gasteiger partial charge in [0.05, 0.1) is 14.9 Å². The molecular weight excluding hydrogens is 419 g/mol. The van der Waals surface area contributed by atoms with E-state index in [2.05, 4.69) is 5.32 Å². The number of ether oxygens (including phenoxy) is 1. The number of nitrogens with two attached hydrogens (primary N) is 1. The van der Waals surface area contributed by atoms with Crippen molar-refractivity contribution in [2.24, 2.45) is 5.14 Å². The van der Waals surface area contributed by atoms with Crippen LogP contribution < -0.4 is 15.2 Å². The van der Waals surface area contributed by atoms with E-state index in [1.807, 2.05) is 30.3 Å². The number of benzene rings is 3. The molecule has 3 rings (SSSR count). The van der Waals surface area contributed by atoms with E-state index in [4.69, 9.17) is 33.1 Å². The lowest BCUT2D eigenvalue weighted by molar-refractivity contribution is 0.306. The van der Waals surface area contributed by atoms with Crippen molar-refractivity contribution in [2.75, 3.05) is 5.32 Å². The smallest absolute Gasteiger partial charge is 0.238 e. The molecule has 0 unspecified atom stereocenters. The van der Waals surface area contributed by atoms with Gasteiger partial charge < -0.3 is 10.1 Å². The summed E-state index contributed by atoms with van der Waals surface area (Å²) in [7, 11) is -3.70.